The maximum Gasteiger partial charge on any atom is 0.223 e. The fraction of sp³-hybridized carbons (Fsp3) is 0.286. The van der Waals surface area contributed by atoms with Crippen LogP contribution in [0.15, 0.2) is 78.9 Å². The minimum absolute atomic E-state index is 0.00624. The smallest absolute Gasteiger partial charge is 0.223 e. The normalized spacial score (nSPS) is 11.8. The first-order valence-corrected chi connectivity index (χ1v) is 11.1. The van der Waals surface area contributed by atoms with Gasteiger partial charge in [0.1, 0.15) is 5.75 Å². The average Bonchev–Trinajstić information content (AvgIpc) is 2.80. The van der Waals surface area contributed by atoms with Crippen LogP contribution in [-0.2, 0) is 17.6 Å². The lowest BCUT2D eigenvalue weighted by molar-refractivity contribution is -0.124. The summed E-state index contributed by atoms with van der Waals surface area (Å²) in [6.07, 6.45) is 1.56. The fourth-order valence-electron chi connectivity index (χ4n) is 3.51. The van der Waals surface area contributed by atoms with Crippen molar-refractivity contribution < 1.29 is 14.3 Å². The summed E-state index contributed by atoms with van der Waals surface area (Å²) in [5, 5.41) is 3.02. The molecule has 0 aliphatic heterocycles. The number of amides is 1. The van der Waals surface area contributed by atoms with E-state index in [0.717, 1.165) is 23.3 Å². The van der Waals surface area contributed by atoms with Crippen LogP contribution in [0.1, 0.15) is 47.8 Å². The van der Waals surface area contributed by atoms with E-state index in [4.69, 9.17) is 4.74 Å². The van der Waals surface area contributed by atoms with Gasteiger partial charge in [0.2, 0.25) is 5.91 Å². The van der Waals surface area contributed by atoms with Crippen LogP contribution in [0.25, 0.3) is 0 Å². The second-order valence-corrected chi connectivity index (χ2v) is 8.35. The maximum absolute atomic E-state index is 12.5. The molecule has 0 saturated carbocycles. The van der Waals surface area contributed by atoms with Gasteiger partial charge in [-0.25, -0.2) is 0 Å². The molecule has 0 aliphatic carbocycles. The van der Waals surface area contributed by atoms with Gasteiger partial charge in [0.25, 0.3) is 0 Å². The second-order valence-electron chi connectivity index (χ2n) is 8.35. The molecule has 1 unspecified atom stereocenters. The van der Waals surface area contributed by atoms with Crippen LogP contribution in [0.2, 0.25) is 0 Å². The van der Waals surface area contributed by atoms with Gasteiger partial charge in [0, 0.05) is 23.6 Å². The maximum atomic E-state index is 12.5. The van der Waals surface area contributed by atoms with Crippen LogP contribution >= 0.6 is 0 Å². The highest BCUT2D eigenvalue weighted by Gasteiger charge is 2.14. The van der Waals surface area contributed by atoms with Crippen molar-refractivity contribution >= 4 is 11.7 Å². The Hall–Kier alpha value is -3.40. The Labute approximate surface area is 190 Å². The van der Waals surface area contributed by atoms with Crippen molar-refractivity contribution in [2.45, 2.75) is 39.7 Å². The van der Waals surface area contributed by atoms with Gasteiger partial charge in [0.05, 0.1) is 6.10 Å². The van der Waals surface area contributed by atoms with Crippen LogP contribution < -0.4 is 10.1 Å². The Morgan fingerprint density at radius 2 is 1.38 bits per heavy atom. The highest BCUT2D eigenvalue weighted by molar-refractivity contribution is 6.08. The summed E-state index contributed by atoms with van der Waals surface area (Å²) in [4.78, 5) is 25.0. The molecule has 3 aromatic carbocycles. The molecule has 32 heavy (non-hydrogen) atoms. The molecule has 4 heteroatoms. The van der Waals surface area contributed by atoms with Gasteiger partial charge in [0.15, 0.2) is 5.78 Å². The molecule has 166 valence electrons. The highest BCUT2D eigenvalue weighted by atomic mass is 16.5. The number of benzene rings is 3. The third-order valence-corrected chi connectivity index (χ3v) is 5.25. The van der Waals surface area contributed by atoms with E-state index >= 15 is 0 Å². The van der Waals surface area contributed by atoms with Crippen molar-refractivity contribution in [3.63, 3.8) is 0 Å². The molecular weight excluding hydrogens is 398 g/mol. The van der Waals surface area contributed by atoms with Crippen LogP contribution in [0, 0.1) is 5.92 Å². The van der Waals surface area contributed by atoms with Gasteiger partial charge in [-0.05, 0) is 49.9 Å². The molecule has 0 heterocycles. The zero-order valence-corrected chi connectivity index (χ0v) is 19.0. The van der Waals surface area contributed by atoms with E-state index in [0.29, 0.717) is 24.1 Å². The summed E-state index contributed by atoms with van der Waals surface area (Å²) in [7, 11) is 0. The highest BCUT2D eigenvalue weighted by Crippen LogP contribution is 2.15. The van der Waals surface area contributed by atoms with Crippen molar-refractivity contribution in [1.82, 2.24) is 5.32 Å². The van der Waals surface area contributed by atoms with Crippen LogP contribution in [-0.4, -0.2) is 24.3 Å². The summed E-state index contributed by atoms with van der Waals surface area (Å²) < 4.78 is 5.65. The Bertz CT molecular complexity index is 1010. The standard InChI is InChI=1S/C28H31NO3/c1-20(2)32-26-15-11-22(12-16-26)17-18-29-28(31)21(3)19-23-9-13-25(14-10-23)27(30)24-7-5-4-6-8-24/h4-16,20-21H,17-19H2,1-3H3,(H,29,31). The van der Waals surface area contributed by atoms with Gasteiger partial charge in [-0.2, -0.15) is 0 Å². The molecule has 0 fully saturated rings. The molecule has 0 aromatic heterocycles. The molecule has 3 aromatic rings. The molecule has 0 spiro atoms. The van der Waals surface area contributed by atoms with Crippen molar-refractivity contribution in [2.24, 2.45) is 5.92 Å². The van der Waals surface area contributed by atoms with E-state index in [2.05, 4.69) is 5.32 Å². The molecule has 3 rings (SSSR count). The van der Waals surface area contributed by atoms with Crippen LogP contribution in [0.4, 0.5) is 0 Å². The van der Waals surface area contributed by atoms with Gasteiger partial charge in [-0.1, -0.05) is 73.7 Å². The first-order valence-electron chi connectivity index (χ1n) is 11.1. The minimum atomic E-state index is -0.146. The van der Waals surface area contributed by atoms with E-state index < -0.39 is 0 Å². The van der Waals surface area contributed by atoms with Gasteiger partial charge in [-0.3, -0.25) is 9.59 Å². The Morgan fingerprint density at radius 1 is 0.781 bits per heavy atom. The monoisotopic (exact) mass is 429 g/mol. The molecule has 1 amide bonds. The lowest BCUT2D eigenvalue weighted by Gasteiger charge is -2.13. The van der Waals surface area contributed by atoms with Gasteiger partial charge < -0.3 is 10.1 Å². The third-order valence-electron chi connectivity index (χ3n) is 5.25. The van der Waals surface area contributed by atoms with Gasteiger partial charge in [-0.15, -0.1) is 0 Å². The van der Waals surface area contributed by atoms with E-state index in [1.165, 1.54) is 0 Å². The number of hydrogen-bond donors (Lipinski definition) is 1. The Morgan fingerprint density at radius 3 is 2.00 bits per heavy atom. The first-order chi connectivity index (χ1) is 15.4. The summed E-state index contributed by atoms with van der Waals surface area (Å²) >= 11 is 0. The lowest BCUT2D eigenvalue weighted by Crippen LogP contribution is -2.31. The molecule has 1 N–H and O–H groups in total. The SMILES string of the molecule is CC(C)Oc1ccc(CCNC(=O)C(C)Cc2ccc(C(=O)c3ccccc3)cc2)cc1. The second kappa shape index (κ2) is 11.3. The van der Waals surface area contributed by atoms with E-state index in [1.54, 1.807) is 0 Å². The number of nitrogens with one attached hydrogen (secondary N) is 1. The van der Waals surface area contributed by atoms with E-state index in [1.807, 2.05) is 99.6 Å². The van der Waals surface area contributed by atoms with E-state index in [-0.39, 0.29) is 23.7 Å². The summed E-state index contributed by atoms with van der Waals surface area (Å²) in [5.41, 5.74) is 3.53. The largest absolute Gasteiger partial charge is 0.491 e. The topological polar surface area (TPSA) is 55.4 Å². The minimum Gasteiger partial charge on any atom is -0.491 e. The Balaban J connectivity index is 1.45. The van der Waals surface area contributed by atoms with Gasteiger partial charge >= 0.3 is 0 Å². The molecule has 1 atom stereocenters. The van der Waals surface area contributed by atoms with Crippen LogP contribution in [0.3, 0.4) is 0 Å². The van der Waals surface area contributed by atoms with Crippen molar-refractivity contribution in [2.75, 3.05) is 6.54 Å². The average molecular weight is 430 g/mol. The third kappa shape index (κ3) is 6.81. The number of carbonyl (C=O) groups excluding carboxylic acids is 2. The number of ether oxygens (including phenoxy) is 1. The summed E-state index contributed by atoms with van der Waals surface area (Å²) in [5.74, 6) is 0.756. The molecule has 0 aliphatic rings. The van der Waals surface area contributed by atoms with Crippen LogP contribution in [0.5, 0.6) is 5.75 Å². The zero-order valence-electron chi connectivity index (χ0n) is 19.0. The number of rotatable bonds is 10. The summed E-state index contributed by atoms with van der Waals surface area (Å²) in [6.45, 7) is 6.53. The predicted molar refractivity (Wildman–Crippen MR) is 128 cm³/mol. The first kappa shape index (κ1) is 23.3. The number of carbonyl (C=O) groups is 2. The van der Waals surface area contributed by atoms with Crippen molar-refractivity contribution in [1.29, 1.82) is 0 Å². The summed E-state index contributed by atoms with van der Waals surface area (Å²) in [6, 6.07) is 24.8. The van der Waals surface area contributed by atoms with Crippen molar-refractivity contribution in [3.8, 4) is 5.75 Å². The molecule has 4 nitrogen and oxygen atoms in total. The lowest BCUT2D eigenvalue weighted by atomic mass is 9.97. The number of ketones is 1. The molecule has 0 radical (unpaired) electrons. The quantitative estimate of drug-likeness (QED) is 0.448. The zero-order chi connectivity index (χ0) is 22.9. The molecule has 0 bridgehead atoms. The predicted octanol–water partition coefficient (Wildman–Crippen LogP) is 5.24. The van der Waals surface area contributed by atoms with Crippen molar-refractivity contribution in [3.05, 3.63) is 101 Å². The Kier molecular flexibility index (Phi) is 8.20. The molecule has 0 saturated heterocycles. The number of hydrogen-bond acceptors (Lipinski definition) is 3. The molecular formula is C28H31NO3. The fourth-order valence-corrected chi connectivity index (χ4v) is 3.51. The van der Waals surface area contributed by atoms with E-state index in [9.17, 15) is 9.59 Å².